The third kappa shape index (κ3) is 33.1. The van der Waals surface area contributed by atoms with E-state index in [2.05, 4.69) is 26.0 Å². The molecule has 0 N–H and O–H groups in total. The number of halogens is 3. The summed E-state index contributed by atoms with van der Waals surface area (Å²) in [6, 6.07) is 0. The van der Waals surface area contributed by atoms with Crippen LogP contribution in [0, 0.1) is 13.0 Å². The molecule has 13 heavy (non-hydrogen) atoms. The molecule has 1 aliphatic rings. The van der Waals surface area contributed by atoms with Gasteiger partial charge in [0, 0.05) is 0 Å². The van der Waals surface area contributed by atoms with Gasteiger partial charge in [-0.1, -0.05) is 13.3 Å². The topological polar surface area (TPSA) is 0 Å². The Labute approximate surface area is 97.7 Å². The van der Waals surface area contributed by atoms with E-state index in [-0.39, 0.29) is 40.3 Å². The fourth-order valence-electron chi connectivity index (χ4n) is 0.340. The SMILES string of the molecule is F.F.F.[C-]1=CC=CC1.[CH2-]CCC.[Zr+2]. The number of hydrogen-bond acceptors (Lipinski definition) is 0. The molecular formula is C9H17F3Zr. The Kier molecular flexibility index (Phi) is 66.4. The molecule has 1 rings (SSSR count). The van der Waals surface area contributed by atoms with E-state index < -0.39 is 0 Å². The molecule has 0 atom stereocenters. The molecule has 0 radical (unpaired) electrons. The van der Waals surface area contributed by atoms with Crippen molar-refractivity contribution >= 4 is 0 Å². The van der Waals surface area contributed by atoms with Gasteiger partial charge in [0.15, 0.2) is 0 Å². The first kappa shape index (κ1) is 29.2. The van der Waals surface area contributed by atoms with Gasteiger partial charge in [0.05, 0.1) is 0 Å². The van der Waals surface area contributed by atoms with Crippen LogP contribution in [0.5, 0.6) is 0 Å². The molecule has 0 fully saturated rings. The average Bonchev–Trinajstić information content (AvgIpc) is 2.43. The Morgan fingerprint density at radius 1 is 1.31 bits per heavy atom. The summed E-state index contributed by atoms with van der Waals surface area (Å²) < 4.78 is 0. The van der Waals surface area contributed by atoms with Crippen molar-refractivity contribution in [3.8, 4) is 0 Å². The van der Waals surface area contributed by atoms with Gasteiger partial charge >= 0.3 is 26.2 Å². The van der Waals surface area contributed by atoms with Gasteiger partial charge < -0.3 is 6.92 Å². The van der Waals surface area contributed by atoms with Crippen molar-refractivity contribution < 1.29 is 40.3 Å². The summed E-state index contributed by atoms with van der Waals surface area (Å²) >= 11 is 0. The van der Waals surface area contributed by atoms with Crippen LogP contribution in [0.4, 0.5) is 14.1 Å². The minimum Gasteiger partial charge on any atom is -0.343 e. The molecule has 0 bridgehead atoms. The molecule has 0 aromatic rings. The van der Waals surface area contributed by atoms with E-state index in [1.54, 1.807) is 0 Å². The quantitative estimate of drug-likeness (QED) is 0.643. The van der Waals surface area contributed by atoms with Gasteiger partial charge in [-0.2, -0.15) is 12.5 Å². The number of hydrogen-bond donors (Lipinski definition) is 0. The van der Waals surface area contributed by atoms with Crippen LogP contribution in [0.15, 0.2) is 18.2 Å². The van der Waals surface area contributed by atoms with Gasteiger partial charge in [0.25, 0.3) is 0 Å². The first-order valence-electron chi connectivity index (χ1n) is 3.42. The Morgan fingerprint density at radius 3 is 1.85 bits per heavy atom. The van der Waals surface area contributed by atoms with Crippen molar-refractivity contribution in [1.82, 2.24) is 0 Å². The van der Waals surface area contributed by atoms with E-state index in [0.29, 0.717) is 0 Å². The Hall–Kier alpha value is 0.153. The van der Waals surface area contributed by atoms with Gasteiger partial charge in [-0.05, 0) is 0 Å². The van der Waals surface area contributed by atoms with Gasteiger partial charge in [0.2, 0.25) is 0 Å². The van der Waals surface area contributed by atoms with Crippen molar-refractivity contribution in [3.63, 3.8) is 0 Å². The summed E-state index contributed by atoms with van der Waals surface area (Å²) in [7, 11) is 0. The van der Waals surface area contributed by atoms with Crippen LogP contribution in [-0.2, 0) is 26.2 Å². The van der Waals surface area contributed by atoms with Crippen LogP contribution in [0.3, 0.4) is 0 Å². The average molecular weight is 273 g/mol. The van der Waals surface area contributed by atoms with Crippen LogP contribution in [-0.4, -0.2) is 0 Å². The Morgan fingerprint density at radius 2 is 1.77 bits per heavy atom. The molecule has 0 spiro atoms. The molecule has 0 saturated carbocycles. The van der Waals surface area contributed by atoms with Crippen LogP contribution < -0.4 is 0 Å². The third-order valence-corrected chi connectivity index (χ3v) is 0.939. The zero-order valence-electron chi connectivity index (χ0n) is 7.79. The van der Waals surface area contributed by atoms with Crippen molar-refractivity contribution in [3.05, 3.63) is 31.2 Å². The maximum absolute atomic E-state index is 3.60. The molecule has 4 heteroatoms. The minimum absolute atomic E-state index is 0. The van der Waals surface area contributed by atoms with Gasteiger partial charge in [-0.25, -0.2) is 12.2 Å². The Bertz CT molecular complexity index is 91.0. The molecule has 78 valence electrons. The van der Waals surface area contributed by atoms with E-state index in [4.69, 9.17) is 0 Å². The number of rotatable bonds is 1. The summed E-state index contributed by atoms with van der Waals surface area (Å²) in [5.41, 5.74) is 0. The molecule has 1 aliphatic carbocycles. The van der Waals surface area contributed by atoms with Crippen molar-refractivity contribution in [2.75, 3.05) is 0 Å². The predicted molar refractivity (Wildman–Crippen MR) is 49.3 cm³/mol. The molecule has 0 saturated heterocycles. The summed E-state index contributed by atoms with van der Waals surface area (Å²) in [5, 5.41) is 0. The molecule has 0 heterocycles. The first-order valence-corrected chi connectivity index (χ1v) is 3.42. The van der Waals surface area contributed by atoms with Crippen molar-refractivity contribution in [2.45, 2.75) is 26.2 Å². The van der Waals surface area contributed by atoms with E-state index in [1.807, 2.05) is 12.2 Å². The molecular weight excluding hydrogens is 256 g/mol. The summed E-state index contributed by atoms with van der Waals surface area (Å²) in [6.07, 6.45) is 12.3. The Balaban J connectivity index is -0.0000000256. The zero-order chi connectivity index (χ0) is 6.95. The monoisotopic (exact) mass is 272 g/mol. The molecule has 0 amide bonds. The molecule has 0 aliphatic heterocycles. The van der Waals surface area contributed by atoms with E-state index in [9.17, 15) is 0 Å². The van der Waals surface area contributed by atoms with E-state index >= 15 is 0 Å². The van der Waals surface area contributed by atoms with Gasteiger partial charge in [-0.15, -0.1) is 6.42 Å². The van der Waals surface area contributed by atoms with E-state index in [0.717, 1.165) is 12.8 Å². The van der Waals surface area contributed by atoms with Gasteiger partial charge in [-0.3, -0.25) is 20.2 Å². The second kappa shape index (κ2) is 29.5. The summed E-state index contributed by atoms with van der Waals surface area (Å²) in [5.74, 6) is 0. The maximum atomic E-state index is 3.60. The van der Waals surface area contributed by atoms with E-state index in [1.165, 1.54) is 6.42 Å². The third-order valence-electron chi connectivity index (χ3n) is 0.939. The number of allylic oxidation sites excluding steroid dienone is 4. The summed E-state index contributed by atoms with van der Waals surface area (Å²) in [4.78, 5) is 0. The zero-order valence-corrected chi connectivity index (χ0v) is 10.2. The van der Waals surface area contributed by atoms with Crippen molar-refractivity contribution in [2.24, 2.45) is 0 Å². The normalized spacial score (nSPS) is 9.08. The predicted octanol–water partition coefficient (Wildman–Crippen LogP) is 3.38. The second-order valence-corrected chi connectivity index (χ2v) is 1.86. The molecule has 0 unspecified atom stereocenters. The molecule has 0 aromatic carbocycles. The molecule has 0 aromatic heterocycles. The van der Waals surface area contributed by atoms with Crippen molar-refractivity contribution in [1.29, 1.82) is 0 Å². The maximum Gasteiger partial charge on any atom is 2.00 e. The molecule has 0 nitrogen and oxygen atoms in total. The van der Waals surface area contributed by atoms with Crippen LogP contribution in [0.2, 0.25) is 0 Å². The first-order chi connectivity index (χ1) is 4.41. The second-order valence-electron chi connectivity index (χ2n) is 1.86. The minimum atomic E-state index is 0. The van der Waals surface area contributed by atoms with Crippen LogP contribution in [0.1, 0.15) is 26.2 Å². The fourth-order valence-corrected chi connectivity index (χ4v) is 0.340. The smallest absolute Gasteiger partial charge is 0.343 e. The fraction of sp³-hybridized carbons (Fsp3) is 0.444. The standard InChI is InChI=1S/C5H5.C4H9.3FH.Zr/c1-2-4-5-3-1;1-3-4-2;;;;/h1-3H,4H2;1,3-4H2,2H3;3*1H;/q2*-1;;;;+2. The number of unbranched alkanes of at least 4 members (excludes halogenated alkanes) is 1. The largest absolute Gasteiger partial charge is 2.00 e. The summed E-state index contributed by atoms with van der Waals surface area (Å²) in [6.45, 7) is 5.72. The van der Waals surface area contributed by atoms with Crippen LogP contribution >= 0.6 is 0 Å². The van der Waals surface area contributed by atoms with Crippen LogP contribution in [0.25, 0.3) is 0 Å². The van der Waals surface area contributed by atoms with Gasteiger partial charge in [0.1, 0.15) is 0 Å².